The van der Waals surface area contributed by atoms with Crippen molar-refractivity contribution in [3.8, 4) is 5.75 Å². The summed E-state index contributed by atoms with van der Waals surface area (Å²) in [6.45, 7) is 2.82. The summed E-state index contributed by atoms with van der Waals surface area (Å²) in [5.41, 5.74) is 6.63. The quantitative estimate of drug-likeness (QED) is 0.754. The van der Waals surface area contributed by atoms with Gasteiger partial charge in [0.15, 0.2) is 5.75 Å². The van der Waals surface area contributed by atoms with Gasteiger partial charge in [-0.1, -0.05) is 6.92 Å². The van der Waals surface area contributed by atoms with Gasteiger partial charge in [0, 0.05) is 13.0 Å². The van der Waals surface area contributed by atoms with Crippen molar-refractivity contribution in [3.05, 3.63) is 11.9 Å². The monoisotopic (exact) mass is 183 g/mol. The molecule has 4 heteroatoms. The summed E-state index contributed by atoms with van der Waals surface area (Å²) < 4.78 is 7.06. The van der Waals surface area contributed by atoms with Gasteiger partial charge in [-0.3, -0.25) is 4.68 Å². The van der Waals surface area contributed by atoms with E-state index in [0.717, 1.165) is 17.9 Å². The van der Waals surface area contributed by atoms with Crippen molar-refractivity contribution in [2.24, 2.45) is 12.8 Å². The minimum absolute atomic E-state index is 0.396. The Morgan fingerprint density at radius 1 is 1.69 bits per heavy atom. The first kappa shape index (κ1) is 10.1. The molecule has 0 aliphatic rings. The van der Waals surface area contributed by atoms with Gasteiger partial charge in [0.25, 0.3) is 0 Å². The maximum Gasteiger partial charge on any atom is 0.160 e. The van der Waals surface area contributed by atoms with Crippen molar-refractivity contribution in [3.63, 3.8) is 0 Å². The molecule has 2 N–H and O–H groups in total. The zero-order valence-electron chi connectivity index (χ0n) is 8.45. The van der Waals surface area contributed by atoms with Crippen LogP contribution in [0.5, 0.6) is 5.75 Å². The predicted octanol–water partition coefficient (Wildman–Crippen LogP) is 0.881. The van der Waals surface area contributed by atoms with Gasteiger partial charge in [0.1, 0.15) is 0 Å². The number of nitrogens with two attached hydrogens (primary N) is 1. The number of nitrogens with zero attached hydrogens (tertiary/aromatic N) is 2. The number of rotatable bonds is 4. The van der Waals surface area contributed by atoms with Gasteiger partial charge < -0.3 is 10.5 Å². The van der Waals surface area contributed by atoms with E-state index in [2.05, 4.69) is 12.0 Å². The molecule has 0 amide bonds. The normalized spacial score (nSPS) is 12.9. The maximum absolute atomic E-state index is 5.51. The molecule has 1 unspecified atom stereocenters. The van der Waals surface area contributed by atoms with E-state index in [0.29, 0.717) is 12.5 Å². The van der Waals surface area contributed by atoms with Crippen LogP contribution in [0.3, 0.4) is 0 Å². The highest BCUT2D eigenvalue weighted by Crippen LogP contribution is 2.27. The molecule has 1 rings (SSSR count). The fraction of sp³-hybridized carbons (Fsp3) is 0.667. The molecule has 0 aliphatic heterocycles. The van der Waals surface area contributed by atoms with Crippen molar-refractivity contribution >= 4 is 0 Å². The van der Waals surface area contributed by atoms with Crippen molar-refractivity contribution in [2.75, 3.05) is 13.7 Å². The molecule has 0 saturated heterocycles. The molecule has 13 heavy (non-hydrogen) atoms. The molecule has 0 fully saturated rings. The molecule has 0 aliphatic carbocycles. The van der Waals surface area contributed by atoms with E-state index in [1.54, 1.807) is 13.3 Å². The fourth-order valence-corrected chi connectivity index (χ4v) is 1.53. The van der Waals surface area contributed by atoms with Crippen molar-refractivity contribution in [2.45, 2.75) is 19.3 Å². The van der Waals surface area contributed by atoms with Crippen LogP contribution in [0, 0.1) is 0 Å². The largest absolute Gasteiger partial charge is 0.493 e. The Hall–Kier alpha value is -1.03. The number of ether oxygens (including phenoxy) is 1. The zero-order chi connectivity index (χ0) is 9.84. The van der Waals surface area contributed by atoms with Gasteiger partial charge in [-0.15, -0.1) is 0 Å². The smallest absolute Gasteiger partial charge is 0.160 e. The Bertz CT molecular complexity index is 270. The Kier molecular flexibility index (Phi) is 3.31. The minimum atomic E-state index is 0.396. The molecule has 0 radical (unpaired) electrons. The van der Waals surface area contributed by atoms with Gasteiger partial charge in [0.2, 0.25) is 0 Å². The van der Waals surface area contributed by atoms with E-state index >= 15 is 0 Å². The van der Waals surface area contributed by atoms with E-state index in [1.165, 1.54) is 0 Å². The average Bonchev–Trinajstić information content (AvgIpc) is 2.47. The Morgan fingerprint density at radius 2 is 2.38 bits per heavy atom. The second-order valence-corrected chi connectivity index (χ2v) is 3.20. The van der Waals surface area contributed by atoms with Gasteiger partial charge in [-0.25, -0.2) is 0 Å². The Morgan fingerprint density at radius 3 is 2.92 bits per heavy atom. The van der Waals surface area contributed by atoms with Crippen LogP contribution in [0.25, 0.3) is 0 Å². The molecular weight excluding hydrogens is 166 g/mol. The van der Waals surface area contributed by atoms with Crippen molar-refractivity contribution < 1.29 is 4.74 Å². The number of aryl methyl sites for hydroxylation is 1. The number of hydrogen-bond donors (Lipinski definition) is 1. The Balaban J connectivity index is 2.89. The van der Waals surface area contributed by atoms with Gasteiger partial charge in [0.05, 0.1) is 19.0 Å². The molecule has 1 heterocycles. The lowest BCUT2D eigenvalue weighted by atomic mass is 10.0. The third-order valence-electron chi connectivity index (χ3n) is 2.24. The Labute approximate surface area is 78.7 Å². The summed E-state index contributed by atoms with van der Waals surface area (Å²) in [6, 6.07) is 0. The first-order chi connectivity index (χ1) is 6.20. The highest BCUT2D eigenvalue weighted by molar-refractivity contribution is 5.27. The lowest BCUT2D eigenvalue weighted by Gasteiger charge is -2.12. The molecule has 4 nitrogen and oxygen atoms in total. The van der Waals surface area contributed by atoms with Crippen LogP contribution in [-0.2, 0) is 7.05 Å². The summed E-state index contributed by atoms with van der Waals surface area (Å²) in [4.78, 5) is 0. The van der Waals surface area contributed by atoms with Crippen LogP contribution < -0.4 is 10.5 Å². The van der Waals surface area contributed by atoms with Gasteiger partial charge >= 0.3 is 0 Å². The maximum atomic E-state index is 5.51. The third kappa shape index (κ3) is 2.01. The lowest BCUT2D eigenvalue weighted by molar-refractivity contribution is 0.403. The topological polar surface area (TPSA) is 53.1 Å². The SMILES string of the molecule is COc1cnn(C)c1C(C)CCN. The van der Waals surface area contributed by atoms with E-state index in [-0.39, 0.29) is 0 Å². The van der Waals surface area contributed by atoms with E-state index < -0.39 is 0 Å². The molecular formula is C9H17N3O. The molecule has 0 saturated carbocycles. The highest BCUT2D eigenvalue weighted by atomic mass is 16.5. The van der Waals surface area contributed by atoms with Gasteiger partial charge in [-0.05, 0) is 13.0 Å². The molecule has 0 spiro atoms. The fourth-order valence-electron chi connectivity index (χ4n) is 1.53. The highest BCUT2D eigenvalue weighted by Gasteiger charge is 2.15. The van der Waals surface area contributed by atoms with E-state index in [4.69, 9.17) is 10.5 Å². The first-order valence-electron chi connectivity index (χ1n) is 4.46. The molecule has 0 bridgehead atoms. The molecule has 1 aromatic heterocycles. The third-order valence-corrected chi connectivity index (χ3v) is 2.24. The summed E-state index contributed by atoms with van der Waals surface area (Å²) in [5, 5.41) is 4.14. The second-order valence-electron chi connectivity index (χ2n) is 3.20. The molecule has 74 valence electrons. The van der Waals surface area contributed by atoms with Gasteiger partial charge in [-0.2, -0.15) is 5.10 Å². The summed E-state index contributed by atoms with van der Waals surface area (Å²) in [5.74, 6) is 1.25. The van der Waals surface area contributed by atoms with E-state index in [9.17, 15) is 0 Å². The van der Waals surface area contributed by atoms with Crippen LogP contribution >= 0.6 is 0 Å². The standard InChI is InChI=1S/C9H17N3O/c1-7(4-5-10)9-8(13-3)6-11-12(9)2/h6-7H,4-5,10H2,1-3H3. The number of aromatic nitrogens is 2. The van der Waals surface area contributed by atoms with E-state index in [1.807, 2.05) is 11.7 Å². The second kappa shape index (κ2) is 4.28. The first-order valence-corrected chi connectivity index (χ1v) is 4.46. The van der Waals surface area contributed by atoms with Crippen LogP contribution in [0.1, 0.15) is 25.0 Å². The van der Waals surface area contributed by atoms with Crippen LogP contribution in [-0.4, -0.2) is 23.4 Å². The lowest BCUT2D eigenvalue weighted by Crippen LogP contribution is -2.09. The molecule has 1 aromatic rings. The predicted molar refractivity (Wildman–Crippen MR) is 51.8 cm³/mol. The van der Waals surface area contributed by atoms with Crippen LogP contribution in [0.15, 0.2) is 6.20 Å². The minimum Gasteiger partial charge on any atom is -0.493 e. The average molecular weight is 183 g/mol. The number of methoxy groups -OCH3 is 1. The van der Waals surface area contributed by atoms with Crippen molar-refractivity contribution in [1.29, 1.82) is 0 Å². The van der Waals surface area contributed by atoms with Crippen molar-refractivity contribution in [1.82, 2.24) is 9.78 Å². The summed E-state index contributed by atoms with van der Waals surface area (Å²) >= 11 is 0. The van der Waals surface area contributed by atoms with Crippen LogP contribution in [0.4, 0.5) is 0 Å². The number of hydrogen-bond acceptors (Lipinski definition) is 3. The summed E-state index contributed by atoms with van der Waals surface area (Å²) in [7, 11) is 3.58. The summed E-state index contributed by atoms with van der Waals surface area (Å²) in [6.07, 6.45) is 2.69. The molecule has 1 atom stereocenters. The zero-order valence-corrected chi connectivity index (χ0v) is 8.45. The van der Waals surface area contributed by atoms with Crippen LogP contribution in [0.2, 0.25) is 0 Å². The molecule has 0 aromatic carbocycles.